The van der Waals surface area contributed by atoms with Gasteiger partial charge in [-0.25, -0.2) is 4.98 Å². The largest absolute Gasteiger partial charge is 0.333 e. The number of aromatic amines is 1. The van der Waals surface area contributed by atoms with Gasteiger partial charge in [-0.15, -0.1) is 0 Å². The minimum Gasteiger partial charge on any atom is -0.333 e. The number of nitrogens with one attached hydrogen (secondary N) is 1. The normalized spacial score (nSPS) is 11.7. The highest BCUT2D eigenvalue weighted by molar-refractivity contribution is 8.08. The molecule has 0 saturated heterocycles. The van der Waals surface area contributed by atoms with E-state index < -0.39 is 0 Å². The van der Waals surface area contributed by atoms with Gasteiger partial charge in [0.15, 0.2) is 5.16 Å². The predicted molar refractivity (Wildman–Crippen MR) is 82.4 cm³/mol. The molecule has 0 unspecified atom stereocenters. The van der Waals surface area contributed by atoms with Crippen LogP contribution in [0.1, 0.15) is 5.56 Å². The summed E-state index contributed by atoms with van der Waals surface area (Å²) in [6.45, 7) is 0. The Balaban J connectivity index is 1.94. The number of thioether (sulfide) groups is 1. The molecule has 0 spiro atoms. The maximum absolute atomic E-state index is 10.8. The second-order valence-corrected chi connectivity index (χ2v) is 5.22. The summed E-state index contributed by atoms with van der Waals surface area (Å²) >= 11 is 1.46. The minimum atomic E-state index is 0.781. The molecule has 0 saturated carbocycles. The van der Waals surface area contributed by atoms with E-state index in [2.05, 4.69) is 9.97 Å². The van der Waals surface area contributed by atoms with Crippen molar-refractivity contribution in [2.24, 2.45) is 0 Å². The summed E-state index contributed by atoms with van der Waals surface area (Å²) in [6, 6.07) is 17.7. The molecular formula is C16H12N2OS. The van der Waals surface area contributed by atoms with Gasteiger partial charge in [0.1, 0.15) is 6.29 Å². The van der Waals surface area contributed by atoms with E-state index >= 15 is 0 Å². The highest BCUT2D eigenvalue weighted by atomic mass is 32.2. The van der Waals surface area contributed by atoms with E-state index in [1.807, 2.05) is 54.6 Å². The van der Waals surface area contributed by atoms with E-state index in [0.717, 1.165) is 32.9 Å². The molecule has 0 aliphatic heterocycles. The Morgan fingerprint density at radius 2 is 1.80 bits per heavy atom. The third-order valence-electron chi connectivity index (χ3n) is 2.85. The van der Waals surface area contributed by atoms with Crippen molar-refractivity contribution >= 4 is 34.0 Å². The fraction of sp³-hybridized carbons (Fsp3) is 0. The van der Waals surface area contributed by atoms with Crippen LogP contribution in [0.5, 0.6) is 0 Å². The van der Waals surface area contributed by atoms with Crippen LogP contribution < -0.4 is 0 Å². The summed E-state index contributed by atoms with van der Waals surface area (Å²) in [5.74, 6) is 0. The number of carbonyl (C=O) groups excluding carboxylic acids is 1. The van der Waals surface area contributed by atoms with Crippen molar-refractivity contribution < 1.29 is 4.79 Å². The van der Waals surface area contributed by atoms with Gasteiger partial charge in [-0.05, 0) is 23.8 Å². The first-order valence-electron chi connectivity index (χ1n) is 6.20. The van der Waals surface area contributed by atoms with E-state index in [-0.39, 0.29) is 0 Å². The number of aldehydes is 1. The zero-order chi connectivity index (χ0) is 13.8. The van der Waals surface area contributed by atoms with Gasteiger partial charge >= 0.3 is 0 Å². The molecule has 1 aromatic heterocycles. The number of para-hydroxylation sites is 2. The molecule has 98 valence electrons. The highest BCUT2D eigenvalue weighted by Gasteiger charge is 2.08. The van der Waals surface area contributed by atoms with Crippen LogP contribution in [0.25, 0.3) is 15.9 Å². The number of benzene rings is 2. The smallest absolute Gasteiger partial charge is 0.171 e. The fourth-order valence-electron chi connectivity index (χ4n) is 1.94. The van der Waals surface area contributed by atoms with E-state index in [1.165, 1.54) is 11.8 Å². The maximum Gasteiger partial charge on any atom is 0.171 e. The fourth-order valence-corrected chi connectivity index (χ4v) is 2.83. The summed E-state index contributed by atoms with van der Waals surface area (Å²) in [6.07, 6.45) is 2.37. The zero-order valence-corrected chi connectivity index (χ0v) is 11.4. The molecule has 20 heavy (non-hydrogen) atoms. The van der Waals surface area contributed by atoms with Crippen molar-refractivity contribution in [1.29, 1.82) is 0 Å². The Morgan fingerprint density at radius 3 is 2.55 bits per heavy atom. The van der Waals surface area contributed by atoms with Crippen molar-refractivity contribution in [1.82, 2.24) is 9.97 Å². The van der Waals surface area contributed by atoms with Crippen LogP contribution in [0.15, 0.2) is 65.8 Å². The first-order chi connectivity index (χ1) is 9.86. The molecule has 1 N–H and O–H groups in total. The molecule has 4 heteroatoms. The number of hydrogen-bond acceptors (Lipinski definition) is 3. The first-order valence-corrected chi connectivity index (χ1v) is 7.02. The average molecular weight is 280 g/mol. The van der Waals surface area contributed by atoms with Crippen LogP contribution in [-0.4, -0.2) is 16.3 Å². The average Bonchev–Trinajstić information content (AvgIpc) is 2.90. The lowest BCUT2D eigenvalue weighted by Gasteiger charge is -2.03. The molecule has 0 aliphatic carbocycles. The van der Waals surface area contributed by atoms with Crippen LogP contribution in [0.2, 0.25) is 0 Å². The quantitative estimate of drug-likeness (QED) is 0.448. The number of aromatic nitrogens is 2. The number of rotatable bonds is 4. The number of fused-ring (bicyclic) bond motifs is 1. The standard InChI is InChI=1S/C16H12N2OS/c19-11-10-15(12-6-2-1-3-7-12)20-16-17-13-8-4-5-9-14(13)18-16/h1-11H,(H,17,18)/b15-10+. The number of hydrogen-bond donors (Lipinski definition) is 1. The number of imidazole rings is 1. The monoisotopic (exact) mass is 280 g/mol. The predicted octanol–water partition coefficient (Wildman–Crippen LogP) is 3.90. The van der Waals surface area contributed by atoms with Gasteiger partial charge in [0.05, 0.1) is 11.0 Å². The topological polar surface area (TPSA) is 45.8 Å². The Bertz CT molecular complexity index is 729. The lowest BCUT2D eigenvalue weighted by molar-refractivity contribution is -0.104. The van der Waals surface area contributed by atoms with Crippen molar-refractivity contribution in [3.63, 3.8) is 0 Å². The molecule has 3 rings (SSSR count). The molecule has 3 nitrogen and oxygen atoms in total. The number of carbonyl (C=O) groups is 1. The first kappa shape index (κ1) is 12.7. The van der Waals surface area contributed by atoms with Crippen LogP contribution in [0.3, 0.4) is 0 Å². The van der Waals surface area contributed by atoms with Gasteiger partial charge in [0.25, 0.3) is 0 Å². The van der Waals surface area contributed by atoms with Gasteiger partial charge in [0.2, 0.25) is 0 Å². The second kappa shape index (κ2) is 5.75. The van der Waals surface area contributed by atoms with Gasteiger partial charge in [-0.1, -0.05) is 54.2 Å². The van der Waals surface area contributed by atoms with Crippen molar-refractivity contribution in [2.45, 2.75) is 5.16 Å². The molecule has 0 radical (unpaired) electrons. The SMILES string of the molecule is O=C/C=C(/Sc1nc2ccccc2[nH]1)c1ccccc1. The molecule has 2 aromatic carbocycles. The second-order valence-electron chi connectivity index (χ2n) is 4.19. The lowest BCUT2D eigenvalue weighted by atomic mass is 10.2. The summed E-state index contributed by atoms with van der Waals surface area (Å²) in [4.78, 5) is 19.5. The Hall–Kier alpha value is -2.33. The lowest BCUT2D eigenvalue weighted by Crippen LogP contribution is -1.82. The molecule has 3 aromatic rings. The molecule has 0 atom stereocenters. The van der Waals surface area contributed by atoms with Gasteiger partial charge in [-0.3, -0.25) is 4.79 Å². The highest BCUT2D eigenvalue weighted by Crippen LogP contribution is 2.33. The molecule has 0 aliphatic rings. The molecule has 0 amide bonds. The van der Waals surface area contributed by atoms with Crippen molar-refractivity contribution in [2.75, 3.05) is 0 Å². The van der Waals surface area contributed by atoms with Gasteiger partial charge in [0, 0.05) is 4.91 Å². The van der Waals surface area contributed by atoms with Gasteiger partial charge < -0.3 is 4.98 Å². The van der Waals surface area contributed by atoms with E-state index in [9.17, 15) is 4.79 Å². The van der Waals surface area contributed by atoms with E-state index in [0.29, 0.717) is 0 Å². The van der Waals surface area contributed by atoms with Crippen LogP contribution in [-0.2, 0) is 4.79 Å². The Morgan fingerprint density at radius 1 is 1.05 bits per heavy atom. The Kier molecular flexibility index (Phi) is 3.65. The van der Waals surface area contributed by atoms with E-state index in [1.54, 1.807) is 6.08 Å². The van der Waals surface area contributed by atoms with E-state index in [4.69, 9.17) is 0 Å². The van der Waals surface area contributed by atoms with Crippen molar-refractivity contribution in [3.05, 3.63) is 66.2 Å². The van der Waals surface area contributed by atoms with Crippen molar-refractivity contribution in [3.8, 4) is 0 Å². The number of allylic oxidation sites excluding steroid dienone is 1. The summed E-state index contributed by atoms with van der Waals surface area (Å²) in [5, 5.41) is 0.781. The molecule has 1 heterocycles. The molecule has 0 fully saturated rings. The van der Waals surface area contributed by atoms with Crippen LogP contribution >= 0.6 is 11.8 Å². The number of nitrogens with zero attached hydrogens (tertiary/aromatic N) is 1. The summed E-state index contributed by atoms with van der Waals surface area (Å²) in [7, 11) is 0. The summed E-state index contributed by atoms with van der Waals surface area (Å²) < 4.78 is 0. The maximum atomic E-state index is 10.8. The van der Waals surface area contributed by atoms with Gasteiger partial charge in [-0.2, -0.15) is 0 Å². The Labute approximate surface area is 120 Å². The van der Waals surface area contributed by atoms with Crippen LogP contribution in [0.4, 0.5) is 0 Å². The molecule has 0 bridgehead atoms. The van der Waals surface area contributed by atoms with Crippen LogP contribution in [0, 0.1) is 0 Å². The number of H-pyrrole nitrogens is 1. The third-order valence-corrected chi connectivity index (χ3v) is 3.83. The molecular weight excluding hydrogens is 268 g/mol. The zero-order valence-electron chi connectivity index (χ0n) is 10.6. The third kappa shape index (κ3) is 2.65. The minimum absolute atomic E-state index is 0.781. The summed E-state index contributed by atoms with van der Waals surface area (Å²) in [5.41, 5.74) is 2.92.